The van der Waals surface area contributed by atoms with E-state index >= 15 is 0 Å². The summed E-state index contributed by atoms with van der Waals surface area (Å²) in [6, 6.07) is 17.8. The van der Waals surface area contributed by atoms with E-state index in [4.69, 9.17) is 12.2 Å². The highest BCUT2D eigenvalue weighted by Gasteiger charge is 2.10. The van der Waals surface area contributed by atoms with Crippen LogP contribution in [-0.4, -0.2) is 21.4 Å². The number of rotatable bonds is 7. The van der Waals surface area contributed by atoms with E-state index in [1.807, 2.05) is 42.5 Å². The van der Waals surface area contributed by atoms with E-state index in [1.54, 1.807) is 4.68 Å². The first-order chi connectivity index (χ1) is 13.1. The highest BCUT2D eigenvalue weighted by atomic mass is 32.2. The molecular weight excluding hydrogens is 394 g/mol. The Labute approximate surface area is 172 Å². The van der Waals surface area contributed by atoms with Crippen LogP contribution in [0.3, 0.4) is 0 Å². The summed E-state index contributed by atoms with van der Waals surface area (Å²) in [4.78, 5) is 12.2. The van der Waals surface area contributed by atoms with Crippen molar-refractivity contribution in [1.82, 2.24) is 9.78 Å². The lowest BCUT2D eigenvalue weighted by molar-refractivity contribution is -0.113. The number of carbonyl (C=O) groups excluding carboxylic acids is 1. The SMILES string of the molecule is CC[C@@H](C)c1ccc(NC(=O)CSc2nn(-c3ccccc3)c(=S)s2)cc1. The van der Waals surface area contributed by atoms with Crippen LogP contribution in [0.15, 0.2) is 58.9 Å². The molecule has 3 rings (SSSR count). The monoisotopic (exact) mass is 415 g/mol. The molecule has 1 N–H and O–H groups in total. The summed E-state index contributed by atoms with van der Waals surface area (Å²) in [5.41, 5.74) is 3.03. The maximum atomic E-state index is 12.2. The van der Waals surface area contributed by atoms with Crippen LogP contribution in [0.25, 0.3) is 5.69 Å². The van der Waals surface area contributed by atoms with E-state index in [0.717, 1.165) is 22.1 Å². The number of anilines is 1. The molecule has 7 heteroatoms. The van der Waals surface area contributed by atoms with Crippen molar-refractivity contribution in [2.24, 2.45) is 0 Å². The van der Waals surface area contributed by atoms with Crippen LogP contribution in [0.1, 0.15) is 31.7 Å². The molecule has 0 aliphatic carbocycles. The average Bonchev–Trinajstić information content (AvgIpc) is 3.07. The smallest absolute Gasteiger partial charge is 0.234 e. The highest BCUT2D eigenvalue weighted by Crippen LogP contribution is 2.25. The number of hydrogen-bond donors (Lipinski definition) is 1. The molecule has 0 saturated carbocycles. The number of amides is 1. The van der Waals surface area contributed by atoms with E-state index < -0.39 is 0 Å². The molecule has 2 aromatic carbocycles. The zero-order valence-electron chi connectivity index (χ0n) is 15.2. The van der Waals surface area contributed by atoms with E-state index in [2.05, 4.69) is 36.4 Å². The zero-order chi connectivity index (χ0) is 19.2. The minimum atomic E-state index is -0.0522. The lowest BCUT2D eigenvalue weighted by Crippen LogP contribution is -2.14. The van der Waals surface area contributed by atoms with Gasteiger partial charge in [0.2, 0.25) is 5.91 Å². The molecule has 0 unspecified atom stereocenters. The highest BCUT2D eigenvalue weighted by molar-refractivity contribution is 8.01. The summed E-state index contributed by atoms with van der Waals surface area (Å²) in [6.45, 7) is 4.37. The first kappa shape index (κ1) is 19.8. The van der Waals surface area contributed by atoms with Crippen molar-refractivity contribution in [1.29, 1.82) is 0 Å². The number of nitrogens with one attached hydrogen (secondary N) is 1. The van der Waals surface area contributed by atoms with Gasteiger partial charge in [0, 0.05) is 5.69 Å². The molecule has 0 aliphatic heterocycles. The second-order valence-electron chi connectivity index (χ2n) is 6.15. The summed E-state index contributed by atoms with van der Waals surface area (Å²) in [6.07, 6.45) is 1.10. The van der Waals surface area contributed by atoms with Gasteiger partial charge in [-0.05, 0) is 54.4 Å². The Morgan fingerprint density at radius 1 is 1.22 bits per heavy atom. The van der Waals surface area contributed by atoms with Crippen LogP contribution in [0.4, 0.5) is 5.69 Å². The molecule has 0 fully saturated rings. The van der Waals surface area contributed by atoms with Crippen molar-refractivity contribution in [3.63, 3.8) is 0 Å². The molecular formula is C20H21N3OS3. The first-order valence-corrected chi connectivity index (χ1v) is 11.0. The van der Waals surface area contributed by atoms with Gasteiger partial charge in [0.1, 0.15) is 0 Å². The standard InChI is InChI=1S/C20H21N3OS3/c1-3-14(2)15-9-11-16(12-10-15)21-18(24)13-26-19-22-23(20(25)27-19)17-7-5-4-6-8-17/h4-12,14H,3,13H2,1-2H3,(H,21,24)/t14-/m1/s1. The molecule has 0 aliphatic rings. The number of thioether (sulfide) groups is 1. The number of carbonyl (C=O) groups is 1. The Morgan fingerprint density at radius 2 is 1.93 bits per heavy atom. The summed E-state index contributed by atoms with van der Waals surface area (Å²) in [7, 11) is 0. The van der Waals surface area contributed by atoms with Crippen LogP contribution >= 0.6 is 35.3 Å². The van der Waals surface area contributed by atoms with Crippen LogP contribution in [-0.2, 0) is 4.79 Å². The van der Waals surface area contributed by atoms with Gasteiger partial charge in [-0.15, -0.1) is 5.10 Å². The molecule has 1 amide bonds. The zero-order valence-corrected chi connectivity index (χ0v) is 17.7. The number of hydrogen-bond acceptors (Lipinski definition) is 5. The van der Waals surface area contributed by atoms with E-state index in [1.165, 1.54) is 28.7 Å². The maximum absolute atomic E-state index is 12.2. The van der Waals surface area contributed by atoms with E-state index in [-0.39, 0.29) is 5.91 Å². The molecule has 3 aromatic rings. The van der Waals surface area contributed by atoms with Crippen LogP contribution in [0, 0.1) is 3.95 Å². The van der Waals surface area contributed by atoms with Crippen molar-refractivity contribution >= 4 is 46.9 Å². The normalized spacial score (nSPS) is 11.9. The summed E-state index contributed by atoms with van der Waals surface area (Å²) >= 11 is 8.20. The van der Waals surface area contributed by atoms with Gasteiger partial charge in [-0.2, -0.15) is 0 Å². The minimum absolute atomic E-state index is 0.0522. The number of para-hydroxylation sites is 1. The topological polar surface area (TPSA) is 46.9 Å². The predicted molar refractivity (Wildman–Crippen MR) is 117 cm³/mol. The lowest BCUT2D eigenvalue weighted by Gasteiger charge is -2.10. The average molecular weight is 416 g/mol. The number of benzene rings is 2. The summed E-state index contributed by atoms with van der Waals surface area (Å²) in [5, 5.41) is 7.45. The summed E-state index contributed by atoms with van der Waals surface area (Å²) < 4.78 is 3.18. The molecule has 0 saturated heterocycles. The summed E-state index contributed by atoms with van der Waals surface area (Å²) in [5.74, 6) is 0.771. The molecule has 27 heavy (non-hydrogen) atoms. The van der Waals surface area contributed by atoms with Crippen molar-refractivity contribution in [3.8, 4) is 5.69 Å². The Bertz CT molecular complexity index is 949. The van der Waals surface area contributed by atoms with Gasteiger partial charge in [0.05, 0.1) is 11.4 Å². The number of aromatic nitrogens is 2. The molecule has 1 aromatic heterocycles. The Balaban J connectivity index is 1.57. The van der Waals surface area contributed by atoms with Crippen molar-refractivity contribution in [2.45, 2.75) is 30.5 Å². The maximum Gasteiger partial charge on any atom is 0.234 e. The Kier molecular flexibility index (Phi) is 6.82. The second-order valence-corrected chi connectivity index (χ2v) is 8.99. The van der Waals surface area contributed by atoms with Crippen LogP contribution in [0.2, 0.25) is 0 Å². The van der Waals surface area contributed by atoms with Gasteiger partial charge in [0.25, 0.3) is 0 Å². The molecule has 1 heterocycles. The third-order valence-electron chi connectivity index (χ3n) is 4.23. The van der Waals surface area contributed by atoms with Crippen molar-refractivity contribution in [2.75, 3.05) is 11.1 Å². The molecule has 1 atom stereocenters. The first-order valence-electron chi connectivity index (χ1n) is 8.75. The Hall–Kier alpha value is -1.96. The third-order valence-corrected chi connectivity index (χ3v) is 6.60. The predicted octanol–water partition coefficient (Wildman–Crippen LogP) is 5.91. The lowest BCUT2D eigenvalue weighted by atomic mass is 9.99. The van der Waals surface area contributed by atoms with Gasteiger partial charge in [-0.3, -0.25) is 4.79 Å². The van der Waals surface area contributed by atoms with E-state index in [9.17, 15) is 4.79 Å². The van der Waals surface area contributed by atoms with Gasteiger partial charge >= 0.3 is 0 Å². The van der Waals surface area contributed by atoms with Gasteiger partial charge in [-0.25, -0.2) is 4.68 Å². The molecule has 0 spiro atoms. The fourth-order valence-electron chi connectivity index (χ4n) is 2.51. The van der Waals surface area contributed by atoms with Gasteiger partial charge in [0.15, 0.2) is 8.29 Å². The molecule has 0 radical (unpaired) electrons. The van der Waals surface area contributed by atoms with Gasteiger partial charge in [-0.1, -0.05) is 67.3 Å². The molecule has 4 nitrogen and oxygen atoms in total. The fourth-order valence-corrected chi connectivity index (χ4v) is 4.67. The third kappa shape index (κ3) is 5.28. The largest absolute Gasteiger partial charge is 0.325 e. The van der Waals surface area contributed by atoms with E-state index in [0.29, 0.717) is 15.6 Å². The molecule has 0 bridgehead atoms. The van der Waals surface area contributed by atoms with Gasteiger partial charge < -0.3 is 5.32 Å². The van der Waals surface area contributed by atoms with Crippen LogP contribution < -0.4 is 5.32 Å². The van der Waals surface area contributed by atoms with Crippen molar-refractivity contribution < 1.29 is 4.79 Å². The van der Waals surface area contributed by atoms with Crippen LogP contribution in [0.5, 0.6) is 0 Å². The second kappa shape index (κ2) is 9.30. The fraction of sp³-hybridized carbons (Fsp3) is 0.250. The quantitative estimate of drug-likeness (QED) is 0.385. The van der Waals surface area contributed by atoms with Crippen molar-refractivity contribution in [3.05, 3.63) is 64.1 Å². The molecule has 140 valence electrons. The number of nitrogens with zero attached hydrogens (tertiary/aromatic N) is 2. The Morgan fingerprint density at radius 3 is 2.59 bits per heavy atom. The minimum Gasteiger partial charge on any atom is -0.325 e.